The van der Waals surface area contributed by atoms with Gasteiger partial charge in [0.2, 0.25) is 0 Å². The zero-order chi connectivity index (χ0) is 15.1. The highest BCUT2D eigenvalue weighted by atomic mass is 79.9. The monoisotopic (exact) mass is 347 g/mol. The molecule has 0 aliphatic carbocycles. The molecule has 1 atom stereocenters. The minimum atomic E-state index is 0.0301. The van der Waals surface area contributed by atoms with Gasteiger partial charge in [-0.25, -0.2) is 0 Å². The van der Waals surface area contributed by atoms with Crippen molar-refractivity contribution in [1.29, 1.82) is 0 Å². The van der Waals surface area contributed by atoms with Crippen LogP contribution in [0.15, 0.2) is 42.5 Å². The Morgan fingerprint density at radius 3 is 2.67 bits per heavy atom. The summed E-state index contributed by atoms with van der Waals surface area (Å²) < 4.78 is 0. The van der Waals surface area contributed by atoms with E-state index in [-0.39, 0.29) is 5.91 Å². The van der Waals surface area contributed by atoms with Gasteiger partial charge in [0, 0.05) is 17.4 Å². The molecule has 2 rings (SSSR count). The van der Waals surface area contributed by atoms with E-state index in [0.717, 1.165) is 47.5 Å². The maximum Gasteiger partial charge on any atom is 0.251 e. The number of carbonyl (C=O) groups is 1. The molecule has 3 heteroatoms. The molecule has 21 heavy (non-hydrogen) atoms. The number of benzene rings is 2. The molecule has 0 saturated carbocycles. The van der Waals surface area contributed by atoms with Gasteiger partial charge in [-0.3, -0.25) is 4.79 Å². The lowest BCUT2D eigenvalue weighted by Gasteiger charge is -2.16. The van der Waals surface area contributed by atoms with E-state index in [1.54, 1.807) is 0 Å². The zero-order valence-electron chi connectivity index (χ0n) is 12.4. The first-order chi connectivity index (χ1) is 10.3. The number of nitrogens with one attached hydrogen (secondary N) is 1. The summed E-state index contributed by atoms with van der Waals surface area (Å²) >= 11 is 3.49. The summed E-state index contributed by atoms with van der Waals surface area (Å²) in [7, 11) is 0. The topological polar surface area (TPSA) is 29.1 Å². The van der Waals surface area contributed by atoms with Crippen molar-refractivity contribution >= 4 is 32.6 Å². The van der Waals surface area contributed by atoms with Crippen LogP contribution in [0.25, 0.3) is 10.8 Å². The van der Waals surface area contributed by atoms with Crippen LogP contribution >= 0.6 is 15.9 Å². The van der Waals surface area contributed by atoms with Gasteiger partial charge >= 0.3 is 0 Å². The minimum Gasteiger partial charge on any atom is -0.352 e. The Bertz CT molecular complexity index is 585. The normalized spacial score (nSPS) is 12.3. The minimum absolute atomic E-state index is 0.0301. The third-order valence-corrected chi connectivity index (χ3v) is 4.26. The van der Waals surface area contributed by atoms with Crippen molar-refractivity contribution in [3.8, 4) is 0 Å². The number of hydrogen-bond donors (Lipinski definition) is 1. The highest BCUT2D eigenvalue weighted by Crippen LogP contribution is 2.19. The van der Waals surface area contributed by atoms with Gasteiger partial charge in [-0.15, -0.1) is 0 Å². The number of alkyl halides is 1. The van der Waals surface area contributed by atoms with E-state index >= 15 is 0 Å². The van der Waals surface area contributed by atoms with Gasteiger partial charge in [-0.1, -0.05) is 65.7 Å². The molecule has 1 N–H and O–H groups in total. The standard InChI is InChI=1S/C18H22BrNO/c1-2-6-14(11-12-19)13-20-18(21)17-10-5-8-15-7-3-4-9-16(15)17/h3-5,7-10,14H,2,6,11-13H2,1H3,(H,20,21). The smallest absolute Gasteiger partial charge is 0.251 e. The van der Waals surface area contributed by atoms with Crippen molar-refractivity contribution in [3.05, 3.63) is 48.0 Å². The van der Waals surface area contributed by atoms with Crippen LogP contribution in [-0.4, -0.2) is 17.8 Å². The highest BCUT2D eigenvalue weighted by Gasteiger charge is 2.12. The van der Waals surface area contributed by atoms with Crippen molar-refractivity contribution in [2.75, 3.05) is 11.9 Å². The molecule has 1 amide bonds. The molecule has 0 saturated heterocycles. The molecule has 0 bridgehead atoms. The number of hydrogen-bond acceptors (Lipinski definition) is 1. The van der Waals surface area contributed by atoms with Crippen LogP contribution in [-0.2, 0) is 0 Å². The van der Waals surface area contributed by atoms with Crippen LogP contribution < -0.4 is 5.32 Å². The predicted molar refractivity (Wildman–Crippen MR) is 93.1 cm³/mol. The molecule has 0 spiro atoms. The second-order valence-corrected chi connectivity index (χ2v) is 6.16. The molecular formula is C18H22BrNO. The first-order valence-electron chi connectivity index (χ1n) is 7.58. The van der Waals surface area contributed by atoms with Gasteiger partial charge in [-0.05, 0) is 35.6 Å². The summed E-state index contributed by atoms with van der Waals surface area (Å²) in [5, 5.41) is 6.21. The van der Waals surface area contributed by atoms with E-state index in [4.69, 9.17) is 0 Å². The molecule has 1 unspecified atom stereocenters. The van der Waals surface area contributed by atoms with E-state index in [0.29, 0.717) is 5.92 Å². The van der Waals surface area contributed by atoms with Gasteiger partial charge in [0.1, 0.15) is 0 Å². The van der Waals surface area contributed by atoms with Crippen LogP contribution in [0, 0.1) is 5.92 Å². The number of halogens is 1. The highest BCUT2D eigenvalue weighted by molar-refractivity contribution is 9.09. The molecule has 2 nitrogen and oxygen atoms in total. The fraction of sp³-hybridized carbons (Fsp3) is 0.389. The molecule has 0 radical (unpaired) electrons. The molecule has 0 aliphatic rings. The van der Waals surface area contributed by atoms with E-state index < -0.39 is 0 Å². The van der Waals surface area contributed by atoms with Gasteiger partial charge in [0.05, 0.1) is 0 Å². The molecule has 2 aromatic carbocycles. The maximum absolute atomic E-state index is 12.4. The quantitative estimate of drug-likeness (QED) is 0.718. The summed E-state index contributed by atoms with van der Waals surface area (Å²) in [6.45, 7) is 2.94. The van der Waals surface area contributed by atoms with Crippen molar-refractivity contribution in [1.82, 2.24) is 5.32 Å². The first kappa shape index (κ1) is 16.0. The maximum atomic E-state index is 12.4. The molecule has 0 fully saturated rings. The van der Waals surface area contributed by atoms with E-state index in [1.807, 2.05) is 42.5 Å². The van der Waals surface area contributed by atoms with E-state index in [2.05, 4.69) is 28.2 Å². The third kappa shape index (κ3) is 4.31. The second-order valence-electron chi connectivity index (χ2n) is 5.37. The lowest BCUT2D eigenvalue weighted by atomic mass is 10.00. The van der Waals surface area contributed by atoms with Crippen LogP contribution in [0.5, 0.6) is 0 Å². The van der Waals surface area contributed by atoms with Gasteiger partial charge in [0.15, 0.2) is 0 Å². The fourth-order valence-corrected chi connectivity index (χ4v) is 3.31. The van der Waals surface area contributed by atoms with E-state index in [1.165, 1.54) is 0 Å². The summed E-state index contributed by atoms with van der Waals surface area (Å²) in [5.41, 5.74) is 0.766. The summed E-state index contributed by atoms with van der Waals surface area (Å²) in [6, 6.07) is 13.9. The van der Waals surface area contributed by atoms with E-state index in [9.17, 15) is 4.79 Å². The summed E-state index contributed by atoms with van der Waals surface area (Å²) in [6.07, 6.45) is 3.41. The number of rotatable bonds is 7. The molecule has 2 aromatic rings. The Morgan fingerprint density at radius 2 is 1.90 bits per heavy atom. The average Bonchev–Trinajstić information content (AvgIpc) is 2.52. The third-order valence-electron chi connectivity index (χ3n) is 3.80. The molecule has 0 aromatic heterocycles. The van der Waals surface area contributed by atoms with Crippen LogP contribution in [0.4, 0.5) is 0 Å². The largest absolute Gasteiger partial charge is 0.352 e. The second kappa shape index (κ2) is 8.18. The number of fused-ring (bicyclic) bond motifs is 1. The Hall–Kier alpha value is -1.35. The lowest BCUT2D eigenvalue weighted by molar-refractivity contribution is 0.0947. The van der Waals surface area contributed by atoms with Gasteiger partial charge in [-0.2, -0.15) is 0 Å². The Morgan fingerprint density at radius 1 is 1.14 bits per heavy atom. The Labute approximate surface area is 135 Å². The van der Waals surface area contributed by atoms with Crippen LogP contribution in [0.3, 0.4) is 0 Å². The summed E-state index contributed by atoms with van der Waals surface area (Å²) in [5.74, 6) is 0.579. The van der Waals surface area contributed by atoms with Gasteiger partial charge in [0.25, 0.3) is 5.91 Å². The predicted octanol–water partition coefficient (Wildman–Crippen LogP) is 4.77. The van der Waals surface area contributed by atoms with Crippen LogP contribution in [0.2, 0.25) is 0 Å². The van der Waals surface area contributed by atoms with Gasteiger partial charge < -0.3 is 5.32 Å². The molecule has 0 heterocycles. The zero-order valence-corrected chi connectivity index (χ0v) is 14.0. The van der Waals surface area contributed by atoms with Crippen molar-refractivity contribution < 1.29 is 4.79 Å². The fourth-order valence-electron chi connectivity index (χ4n) is 2.67. The number of amides is 1. The molecule has 0 aliphatic heterocycles. The van der Waals surface area contributed by atoms with Crippen molar-refractivity contribution in [3.63, 3.8) is 0 Å². The molecular weight excluding hydrogens is 326 g/mol. The average molecular weight is 348 g/mol. The number of carbonyl (C=O) groups excluding carboxylic acids is 1. The van der Waals surface area contributed by atoms with Crippen molar-refractivity contribution in [2.45, 2.75) is 26.2 Å². The SMILES string of the molecule is CCCC(CCBr)CNC(=O)c1cccc2ccccc12. The molecule has 112 valence electrons. The summed E-state index contributed by atoms with van der Waals surface area (Å²) in [4.78, 5) is 12.4. The Kier molecular flexibility index (Phi) is 6.24. The first-order valence-corrected chi connectivity index (χ1v) is 8.70. The van der Waals surface area contributed by atoms with Crippen molar-refractivity contribution in [2.24, 2.45) is 5.92 Å². The lowest BCUT2D eigenvalue weighted by Crippen LogP contribution is -2.29. The Balaban J connectivity index is 2.08. The van der Waals surface area contributed by atoms with Crippen LogP contribution in [0.1, 0.15) is 36.5 Å².